The zero-order valence-corrected chi connectivity index (χ0v) is 9.03. The predicted molar refractivity (Wildman–Crippen MR) is 55.9 cm³/mol. The second-order valence-corrected chi connectivity index (χ2v) is 3.37. The molecule has 0 radical (unpaired) electrons. The first-order valence-electron chi connectivity index (χ1n) is 5.02. The van der Waals surface area contributed by atoms with Gasteiger partial charge in [0.05, 0.1) is 0 Å². The minimum atomic E-state index is -0.917. The molecule has 0 aliphatic heterocycles. The van der Waals surface area contributed by atoms with Crippen molar-refractivity contribution in [3.8, 4) is 0 Å². The van der Waals surface area contributed by atoms with E-state index in [4.69, 9.17) is 4.74 Å². The van der Waals surface area contributed by atoms with Gasteiger partial charge in [0, 0.05) is 32.4 Å². The molecule has 0 fully saturated rings. The monoisotopic (exact) mass is 233 g/mol. The molecule has 0 bridgehead atoms. The van der Waals surface area contributed by atoms with Crippen molar-refractivity contribution in [3.05, 3.63) is 29.6 Å². The SMILES string of the molecule is COCCCCNc1c(F)cc(F)cc1F. The van der Waals surface area contributed by atoms with Crippen LogP contribution in [-0.4, -0.2) is 20.3 Å². The molecule has 5 heteroatoms. The quantitative estimate of drug-likeness (QED) is 0.763. The summed E-state index contributed by atoms with van der Waals surface area (Å²) in [6.07, 6.45) is 1.53. The van der Waals surface area contributed by atoms with Gasteiger partial charge in [-0.05, 0) is 12.8 Å². The Balaban J connectivity index is 2.47. The smallest absolute Gasteiger partial charge is 0.152 e. The van der Waals surface area contributed by atoms with Gasteiger partial charge in [0.2, 0.25) is 0 Å². The number of rotatable bonds is 6. The average molecular weight is 233 g/mol. The number of methoxy groups -OCH3 is 1. The van der Waals surface area contributed by atoms with Gasteiger partial charge in [-0.25, -0.2) is 13.2 Å². The Morgan fingerprint density at radius 3 is 2.31 bits per heavy atom. The van der Waals surface area contributed by atoms with Gasteiger partial charge in [-0.1, -0.05) is 0 Å². The first kappa shape index (κ1) is 12.8. The van der Waals surface area contributed by atoms with Gasteiger partial charge < -0.3 is 10.1 Å². The van der Waals surface area contributed by atoms with Crippen molar-refractivity contribution < 1.29 is 17.9 Å². The first-order valence-corrected chi connectivity index (χ1v) is 5.02. The summed E-state index contributed by atoms with van der Waals surface area (Å²) in [5.74, 6) is -2.74. The lowest BCUT2D eigenvalue weighted by atomic mass is 10.2. The summed E-state index contributed by atoms with van der Waals surface area (Å²) in [7, 11) is 1.59. The molecule has 0 atom stereocenters. The minimum absolute atomic E-state index is 0.279. The Morgan fingerprint density at radius 1 is 1.12 bits per heavy atom. The number of unbranched alkanes of at least 4 members (excludes halogenated alkanes) is 1. The van der Waals surface area contributed by atoms with Gasteiger partial charge in [-0.15, -0.1) is 0 Å². The fraction of sp³-hybridized carbons (Fsp3) is 0.455. The third-order valence-corrected chi connectivity index (χ3v) is 2.08. The van der Waals surface area contributed by atoms with Crippen LogP contribution >= 0.6 is 0 Å². The summed E-state index contributed by atoms with van der Waals surface area (Å²) in [4.78, 5) is 0. The normalized spacial score (nSPS) is 10.5. The topological polar surface area (TPSA) is 21.3 Å². The van der Waals surface area contributed by atoms with Crippen LogP contribution < -0.4 is 5.32 Å². The van der Waals surface area contributed by atoms with Gasteiger partial charge >= 0.3 is 0 Å². The Kier molecular flexibility index (Phi) is 5.11. The lowest BCUT2D eigenvalue weighted by Crippen LogP contribution is -2.07. The second-order valence-electron chi connectivity index (χ2n) is 3.37. The highest BCUT2D eigenvalue weighted by Crippen LogP contribution is 2.19. The third-order valence-electron chi connectivity index (χ3n) is 2.08. The number of benzene rings is 1. The van der Waals surface area contributed by atoms with Crippen molar-refractivity contribution in [1.82, 2.24) is 0 Å². The van der Waals surface area contributed by atoms with Crippen LogP contribution in [0.3, 0.4) is 0 Å². The van der Waals surface area contributed by atoms with Crippen LogP contribution in [0.1, 0.15) is 12.8 Å². The third kappa shape index (κ3) is 3.73. The number of nitrogens with one attached hydrogen (secondary N) is 1. The molecule has 1 aromatic rings. The van der Waals surface area contributed by atoms with Gasteiger partial charge in [0.1, 0.15) is 11.5 Å². The van der Waals surface area contributed by atoms with Crippen LogP contribution in [0.15, 0.2) is 12.1 Å². The lowest BCUT2D eigenvalue weighted by molar-refractivity contribution is 0.193. The van der Waals surface area contributed by atoms with E-state index in [1.807, 2.05) is 0 Å². The van der Waals surface area contributed by atoms with Crippen LogP contribution in [0, 0.1) is 17.5 Å². The van der Waals surface area contributed by atoms with E-state index in [0.717, 1.165) is 12.8 Å². The summed E-state index contributed by atoms with van der Waals surface area (Å²) >= 11 is 0. The van der Waals surface area contributed by atoms with Crippen molar-refractivity contribution in [1.29, 1.82) is 0 Å². The van der Waals surface area contributed by atoms with Crippen LogP contribution in [0.25, 0.3) is 0 Å². The van der Waals surface area contributed by atoms with E-state index >= 15 is 0 Å². The van der Waals surface area contributed by atoms with Crippen LogP contribution in [0.4, 0.5) is 18.9 Å². The number of hydrogen-bond acceptors (Lipinski definition) is 2. The summed E-state index contributed by atoms with van der Waals surface area (Å²) in [6, 6.07) is 1.31. The standard InChI is InChI=1S/C11H14F3NO/c1-16-5-3-2-4-15-11-9(13)6-8(12)7-10(11)14/h6-7,15H,2-5H2,1H3. The van der Waals surface area contributed by atoms with Gasteiger partial charge in [-0.2, -0.15) is 0 Å². The molecule has 0 unspecified atom stereocenters. The molecule has 1 rings (SSSR count). The maximum absolute atomic E-state index is 13.1. The van der Waals surface area contributed by atoms with E-state index in [9.17, 15) is 13.2 Å². The van der Waals surface area contributed by atoms with E-state index in [0.29, 0.717) is 25.3 Å². The minimum Gasteiger partial charge on any atom is -0.385 e. The number of hydrogen-bond donors (Lipinski definition) is 1. The molecule has 0 saturated carbocycles. The fourth-order valence-corrected chi connectivity index (χ4v) is 1.30. The van der Waals surface area contributed by atoms with E-state index in [1.54, 1.807) is 7.11 Å². The Hall–Kier alpha value is -1.23. The maximum atomic E-state index is 13.1. The molecule has 90 valence electrons. The Morgan fingerprint density at radius 2 is 1.75 bits per heavy atom. The van der Waals surface area contributed by atoms with Gasteiger partial charge in [0.15, 0.2) is 11.6 Å². The predicted octanol–water partition coefficient (Wildman–Crippen LogP) is 2.94. The summed E-state index contributed by atoms with van der Waals surface area (Å²) in [5.41, 5.74) is -0.279. The Bertz CT molecular complexity index is 321. The fourth-order valence-electron chi connectivity index (χ4n) is 1.30. The molecule has 0 spiro atoms. The summed E-state index contributed by atoms with van der Waals surface area (Å²) in [6.45, 7) is 1.03. The zero-order chi connectivity index (χ0) is 12.0. The van der Waals surface area contributed by atoms with E-state index in [1.165, 1.54) is 0 Å². The maximum Gasteiger partial charge on any atom is 0.152 e. The van der Waals surface area contributed by atoms with Crippen molar-refractivity contribution in [3.63, 3.8) is 0 Å². The van der Waals surface area contributed by atoms with E-state index in [2.05, 4.69) is 5.32 Å². The molecule has 0 saturated heterocycles. The highest BCUT2D eigenvalue weighted by atomic mass is 19.1. The van der Waals surface area contributed by atoms with E-state index in [-0.39, 0.29) is 5.69 Å². The van der Waals surface area contributed by atoms with Crippen LogP contribution in [0.2, 0.25) is 0 Å². The largest absolute Gasteiger partial charge is 0.385 e. The highest BCUT2D eigenvalue weighted by Gasteiger charge is 2.10. The molecular formula is C11H14F3NO. The average Bonchev–Trinajstić information content (AvgIpc) is 2.20. The van der Waals surface area contributed by atoms with Crippen molar-refractivity contribution >= 4 is 5.69 Å². The number of anilines is 1. The highest BCUT2D eigenvalue weighted by molar-refractivity contribution is 5.46. The number of ether oxygens (including phenoxy) is 1. The van der Waals surface area contributed by atoms with Crippen molar-refractivity contribution in [2.24, 2.45) is 0 Å². The lowest BCUT2D eigenvalue weighted by Gasteiger charge is -2.08. The molecule has 0 heterocycles. The Labute approximate surface area is 92.4 Å². The second kappa shape index (κ2) is 6.37. The van der Waals surface area contributed by atoms with Gasteiger partial charge in [0.25, 0.3) is 0 Å². The van der Waals surface area contributed by atoms with Gasteiger partial charge in [-0.3, -0.25) is 0 Å². The summed E-state index contributed by atoms with van der Waals surface area (Å²) in [5, 5.41) is 2.60. The molecule has 2 nitrogen and oxygen atoms in total. The molecular weight excluding hydrogens is 219 g/mol. The molecule has 0 aliphatic carbocycles. The molecule has 0 aromatic heterocycles. The molecule has 1 N–H and O–H groups in total. The van der Waals surface area contributed by atoms with Crippen molar-refractivity contribution in [2.75, 3.05) is 25.6 Å². The molecule has 1 aromatic carbocycles. The first-order chi connectivity index (χ1) is 7.65. The van der Waals surface area contributed by atoms with Crippen molar-refractivity contribution in [2.45, 2.75) is 12.8 Å². The summed E-state index contributed by atoms with van der Waals surface area (Å²) < 4.78 is 43.6. The van der Waals surface area contributed by atoms with Crippen LogP contribution in [0.5, 0.6) is 0 Å². The van der Waals surface area contributed by atoms with Crippen LogP contribution in [-0.2, 0) is 4.74 Å². The number of halogens is 3. The van der Waals surface area contributed by atoms with E-state index < -0.39 is 17.5 Å². The zero-order valence-electron chi connectivity index (χ0n) is 9.03. The molecule has 16 heavy (non-hydrogen) atoms. The molecule has 0 aliphatic rings. The molecule has 0 amide bonds.